The molecule has 0 fully saturated rings. The Labute approximate surface area is 128 Å². The molecule has 1 nitrogen and oxygen atoms in total. The van der Waals surface area contributed by atoms with E-state index in [9.17, 15) is 4.79 Å². The molecule has 0 aromatic heterocycles. The highest BCUT2D eigenvalue weighted by Gasteiger charge is 1.99. The van der Waals surface area contributed by atoms with Crippen molar-refractivity contribution in [2.45, 2.75) is 0 Å². The Hall–Kier alpha value is -1.83. The van der Waals surface area contributed by atoms with Gasteiger partial charge in [0.05, 0.1) is 0 Å². The van der Waals surface area contributed by atoms with Gasteiger partial charge in [-0.1, -0.05) is 53.6 Å². The van der Waals surface area contributed by atoms with Gasteiger partial charge in [-0.15, -0.1) is 0 Å². The molecule has 0 heterocycles. The van der Waals surface area contributed by atoms with Crippen molar-refractivity contribution in [3.8, 4) is 0 Å². The summed E-state index contributed by atoms with van der Waals surface area (Å²) in [4.78, 5) is 11.8. The average Bonchev–Trinajstić information content (AvgIpc) is 2.46. The molecule has 0 spiro atoms. The van der Waals surface area contributed by atoms with Gasteiger partial charge in [0, 0.05) is 15.6 Å². The lowest BCUT2D eigenvalue weighted by molar-refractivity contribution is 0.104. The fourth-order valence-electron chi connectivity index (χ4n) is 1.59. The van der Waals surface area contributed by atoms with E-state index in [1.54, 1.807) is 30.3 Å². The number of carbonyl (C=O) groups is 1. The van der Waals surface area contributed by atoms with Gasteiger partial charge in [0.1, 0.15) is 0 Å². The highest BCUT2D eigenvalue weighted by Crippen LogP contribution is 2.11. The Morgan fingerprint density at radius 1 is 0.800 bits per heavy atom. The molecule has 100 valence electrons. The molecule has 0 aliphatic carbocycles. The molecule has 0 N–H and O–H groups in total. The normalized spacial score (nSPS) is 11.3. The number of ketones is 1. The third-order valence-corrected chi connectivity index (χ3v) is 3.15. The number of halogens is 2. The molecule has 2 rings (SSSR count). The summed E-state index contributed by atoms with van der Waals surface area (Å²) in [7, 11) is 0. The van der Waals surface area contributed by atoms with E-state index in [0.29, 0.717) is 15.6 Å². The summed E-state index contributed by atoms with van der Waals surface area (Å²) >= 11 is 11.6. The van der Waals surface area contributed by atoms with E-state index in [4.69, 9.17) is 23.2 Å². The van der Waals surface area contributed by atoms with Gasteiger partial charge in [0.2, 0.25) is 0 Å². The van der Waals surface area contributed by atoms with Crippen molar-refractivity contribution in [2.75, 3.05) is 0 Å². The van der Waals surface area contributed by atoms with Crippen LogP contribution in [0.15, 0.2) is 66.8 Å². The summed E-state index contributed by atoms with van der Waals surface area (Å²) in [6.07, 6.45) is 6.96. The van der Waals surface area contributed by atoms with Gasteiger partial charge >= 0.3 is 0 Å². The SMILES string of the molecule is O=C(C=CC=Cc1ccc(Cl)cc1)c1ccc(Cl)cc1. The molecular formula is C17H12Cl2O. The number of carbonyl (C=O) groups excluding carboxylic acids is 1. The molecule has 20 heavy (non-hydrogen) atoms. The minimum atomic E-state index is -0.0533. The molecule has 0 saturated carbocycles. The van der Waals surface area contributed by atoms with Crippen molar-refractivity contribution in [1.82, 2.24) is 0 Å². The van der Waals surface area contributed by atoms with Gasteiger partial charge in [-0.05, 0) is 48.0 Å². The maximum absolute atomic E-state index is 11.8. The summed E-state index contributed by atoms with van der Waals surface area (Å²) in [6, 6.07) is 14.3. The van der Waals surface area contributed by atoms with Crippen LogP contribution in [-0.4, -0.2) is 5.78 Å². The van der Waals surface area contributed by atoms with Crippen LogP contribution in [0.4, 0.5) is 0 Å². The van der Waals surface area contributed by atoms with Crippen LogP contribution in [0.2, 0.25) is 10.0 Å². The van der Waals surface area contributed by atoms with Crippen molar-refractivity contribution in [3.05, 3.63) is 87.9 Å². The van der Waals surface area contributed by atoms with E-state index >= 15 is 0 Å². The highest BCUT2D eigenvalue weighted by molar-refractivity contribution is 6.31. The number of benzene rings is 2. The van der Waals surface area contributed by atoms with E-state index in [2.05, 4.69) is 0 Å². The van der Waals surface area contributed by atoms with Gasteiger partial charge in [0.25, 0.3) is 0 Å². The first-order valence-corrected chi connectivity index (χ1v) is 6.81. The fraction of sp³-hybridized carbons (Fsp3) is 0. The topological polar surface area (TPSA) is 17.1 Å². The van der Waals surface area contributed by atoms with Crippen LogP contribution in [-0.2, 0) is 0 Å². The summed E-state index contributed by atoms with van der Waals surface area (Å²) in [5, 5.41) is 1.32. The standard InChI is InChI=1S/C17H12Cl2O/c18-15-9-5-13(6-10-15)3-1-2-4-17(20)14-7-11-16(19)12-8-14/h1-12H. The first-order valence-electron chi connectivity index (χ1n) is 6.05. The Bertz CT molecular complexity index is 638. The average molecular weight is 303 g/mol. The second-order valence-electron chi connectivity index (χ2n) is 4.14. The van der Waals surface area contributed by atoms with E-state index in [1.807, 2.05) is 36.4 Å². The smallest absolute Gasteiger partial charge is 0.185 e. The zero-order valence-electron chi connectivity index (χ0n) is 10.6. The van der Waals surface area contributed by atoms with Crippen LogP contribution in [0.5, 0.6) is 0 Å². The Morgan fingerprint density at radius 3 is 1.95 bits per heavy atom. The van der Waals surface area contributed by atoms with E-state index in [1.165, 1.54) is 6.08 Å². The maximum Gasteiger partial charge on any atom is 0.185 e. The van der Waals surface area contributed by atoms with E-state index in [0.717, 1.165) is 5.56 Å². The predicted molar refractivity (Wildman–Crippen MR) is 85.4 cm³/mol. The maximum atomic E-state index is 11.8. The molecule has 0 aliphatic rings. The van der Waals surface area contributed by atoms with Gasteiger partial charge in [-0.3, -0.25) is 4.79 Å². The third-order valence-electron chi connectivity index (χ3n) is 2.65. The largest absolute Gasteiger partial charge is 0.289 e. The van der Waals surface area contributed by atoms with Crippen LogP contribution in [0.3, 0.4) is 0 Å². The quantitative estimate of drug-likeness (QED) is 0.417. The predicted octanol–water partition coefficient (Wildman–Crippen LogP) is 5.45. The second-order valence-corrected chi connectivity index (χ2v) is 5.01. The van der Waals surface area contributed by atoms with Crippen LogP contribution >= 0.6 is 23.2 Å². The van der Waals surface area contributed by atoms with Gasteiger partial charge in [0.15, 0.2) is 5.78 Å². The van der Waals surface area contributed by atoms with Crippen LogP contribution in [0.25, 0.3) is 6.08 Å². The monoisotopic (exact) mass is 302 g/mol. The molecule has 2 aromatic carbocycles. The third kappa shape index (κ3) is 4.37. The summed E-state index contributed by atoms with van der Waals surface area (Å²) < 4.78 is 0. The first kappa shape index (κ1) is 14.6. The Morgan fingerprint density at radius 2 is 1.35 bits per heavy atom. The second kappa shape index (κ2) is 7.09. The molecule has 0 saturated heterocycles. The van der Waals surface area contributed by atoms with E-state index in [-0.39, 0.29) is 5.78 Å². The summed E-state index contributed by atoms with van der Waals surface area (Å²) in [6.45, 7) is 0. The minimum Gasteiger partial charge on any atom is -0.289 e. The number of hydrogen-bond donors (Lipinski definition) is 0. The van der Waals surface area contributed by atoms with Crippen molar-refractivity contribution < 1.29 is 4.79 Å². The number of hydrogen-bond acceptors (Lipinski definition) is 1. The summed E-state index contributed by atoms with van der Waals surface area (Å²) in [5.74, 6) is -0.0533. The van der Waals surface area contributed by atoms with Crippen molar-refractivity contribution in [3.63, 3.8) is 0 Å². The molecule has 0 amide bonds. The first-order chi connectivity index (χ1) is 9.65. The number of rotatable bonds is 4. The highest BCUT2D eigenvalue weighted by atomic mass is 35.5. The van der Waals surface area contributed by atoms with Crippen LogP contribution in [0, 0.1) is 0 Å². The van der Waals surface area contributed by atoms with Crippen molar-refractivity contribution in [2.24, 2.45) is 0 Å². The molecule has 0 unspecified atom stereocenters. The zero-order valence-corrected chi connectivity index (χ0v) is 12.1. The van der Waals surface area contributed by atoms with E-state index < -0.39 is 0 Å². The zero-order chi connectivity index (χ0) is 14.4. The van der Waals surface area contributed by atoms with Gasteiger partial charge in [-0.2, -0.15) is 0 Å². The molecule has 0 aliphatic heterocycles. The van der Waals surface area contributed by atoms with Crippen molar-refractivity contribution in [1.29, 1.82) is 0 Å². The fourth-order valence-corrected chi connectivity index (χ4v) is 1.85. The molecule has 0 bridgehead atoms. The summed E-state index contributed by atoms with van der Waals surface area (Å²) in [5.41, 5.74) is 1.64. The Balaban J connectivity index is 1.97. The lowest BCUT2D eigenvalue weighted by Gasteiger charge is -1.95. The van der Waals surface area contributed by atoms with Crippen LogP contribution < -0.4 is 0 Å². The molecule has 0 radical (unpaired) electrons. The van der Waals surface area contributed by atoms with Gasteiger partial charge < -0.3 is 0 Å². The van der Waals surface area contributed by atoms with Crippen molar-refractivity contribution >= 4 is 35.1 Å². The minimum absolute atomic E-state index is 0.0533. The van der Waals surface area contributed by atoms with Gasteiger partial charge in [-0.25, -0.2) is 0 Å². The molecule has 0 atom stereocenters. The van der Waals surface area contributed by atoms with Crippen LogP contribution in [0.1, 0.15) is 15.9 Å². The molecule has 3 heteroatoms. The lowest BCUT2D eigenvalue weighted by Crippen LogP contribution is -1.92. The molecule has 2 aromatic rings. The number of allylic oxidation sites excluding steroid dienone is 3. The lowest BCUT2D eigenvalue weighted by atomic mass is 10.1. The Kier molecular flexibility index (Phi) is 5.16. The molecular weight excluding hydrogens is 291 g/mol.